The summed E-state index contributed by atoms with van der Waals surface area (Å²) in [5, 5.41) is 3.13. The molecule has 1 aromatic carbocycles. The van der Waals surface area contributed by atoms with Crippen LogP contribution in [0.2, 0.25) is 0 Å². The van der Waals surface area contributed by atoms with E-state index in [4.69, 9.17) is 10.5 Å². The largest absolute Gasteiger partial charge is 0.493 e. The molecule has 1 aliphatic rings. The predicted molar refractivity (Wildman–Crippen MR) is 83.2 cm³/mol. The van der Waals surface area contributed by atoms with Crippen LogP contribution >= 0.6 is 0 Å². The maximum absolute atomic E-state index is 11.4. The van der Waals surface area contributed by atoms with E-state index < -0.39 is 9.84 Å². The Morgan fingerprint density at radius 1 is 1.48 bits per heavy atom. The fraction of sp³-hybridized carbons (Fsp3) is 0.500. The number of para-hydroxylation sites is 1. The zero-order chi connectivity index (χ0) is 15.3. The Labute approximate surface area is 125 Å². The summed E-state index contributed by atoms with van der Waals surface area (Å²) in [6.07, 6.45) is 0.792. The van der Waals surface area contributed by atoms with Crippen molar-refractivity contribution in [2.45, 2.75) is 19.4 Å². The monoisotopic (exact) mass is 311 g/mol. The van der Waals surface area contributed by atoms with Crippen LogP contribution in [-0.4, -0.2) is 39.0 Å². The van der Waals surface area contributed by atoms with Crippen LogP contribution in [0, 0.1) is 0 Å². The zero-order valence-electron chi connectivity index (χ0n) is 12.1. The number of sulfone groups is 1. The van der Waals surface area contributed by atoms with E-state index in [0.29, 0.717) is 6.61 Å². The average molecular weight is 311 g/mol. The zero-order valence-corrected chi connectivity index (χ0v) is 12.9. The number of rotatable bonds is 5. The van der Waals surface area contributed by atoms with Gasteiger partial charge in [0.2, 0.25) is 0 Å². The van der Waals surface area contributed by atoms with Crippen molar-refractivity contribution < 1.29 is 13.2 Å². The number of benzene rings is 1. The van der Waals surface area contributed by atoms with Gasteiger partial charge < -0.3 is 15.8 Å². The van der Waals surface area contributed by atoms with E-state index in [0.717, 1.165) is 17.7 Å². The van der Waals surface area contributed by atoms with Crippen molar-refractivity contribution in [3.05, 3.63) is 29.8 Å². The van der Waals surface area contributed by atoms with Crippen molar-refractivity contribution in [1.82, 2.24) is 5.32 Å². The molecule has 0 aliphatic carbocycles. The van der Waals surface area contributed by atoms with Crippen molar-refractivity contribution in [1.29, 1.82) is 0 Å². The van der Waals surface area contributed by atoms with E-state index in [9.17, 15) is 8.42 Å². The number of aliphatic imine (C=N–C) groups is 1. The molecule has 116 valence electrons. The Hall–Kier alpha value is -1.76. The van der Waals surface area contributed by atoms with Gasteiger partial charge in [-0.15, -0.1) is 0 Å². The van der Waals surface area contributed by atoms with Crippen LogP contribution in [0.3, 0.4) is 0 Å². The number of hydrogen-bond acceptors (Lipinski definition) is 4. The standard InChI is InChI=1S/C14H21N3O3S/c1-2-21(18,19)10-8-16-14(15)17-12-7-9-20-13-6-4-3-5-11(12)13/h3-6,12H,2,7-10H2,1H3,(H3,15,16,17). The minimum absolute atomic E-state index is 0.0241. The maximum Gasteiger partial charge on any atom is 0.189 e. The Kier molecular flexibility index (Phi) is 5.06. The van der Waals surface area contributed by atoms with Gasteiger partial charge >= 0.3 is 0 Å². The van der Waals surface area contributed by atoms with Crippen molar-refractivity contribution in [3.8, 4) is 5.75 Å². The Morgan fingerprint density at radius 3 is 3.00 bits per heavy atom. The quantitative estimate of drug-likeness (QED) is 0.621. The average Bonchev–Trinajstić information content (AvgIpc) is 2.47. The number of guanidine groups is 1. The molecular weight excluding hydrogens is 290 g/mol. The SMILES string of the molecule is CCS(=O)(=O)CCN=C(N)NC1CCOc2ccccc21. The molecule has 6 nitrogen and oxygen atoms in total. The Balaban J connectivity index is 1.96. The molecule has 21 heavy (non-hydrogen) atoms. The normalized spacial score (nSPS) is 18.7. The van der Waals surface area contributed by atoms with Gasteiger partial charge in [-0.25, -0.2) is 8.42 Å². The molecule has 0 aromatic heterocycles. The van der Waals surface area contributed by atoms with E-state index >= 15 is 0 Å². The van der Waals surface area contributed by atoms with Gasteiger partial charge in [-0.05, 0) is 6.07 Å². The summed E-state index contributed by atoms with van der Waals surface area (Å²) in [7, 11) is -3.01. The molecular formula is C14H21N3O3S. The van der Waals surface area contributed by atoms with Gasteiger partial charge in [-0.1, -0.05) is 25.1 Å². The summed E-state index contributed by atoms with van der Waals surface area (Å²) >= 11 is 0. The number of hydrogen-bond donors (Lipinski definition) is 2. The van der Waals surface area contributed by atoms with Gasteiger partial charge in [0.05, 0.1) is 24.9 Å². The minimum atomic E-state index is -3.01. The second kappa shape index (κ2) is 6.80. The van der Waals surface area contributed by atoms with E-state index in [1.54, 1.807) is 6.92 Å². The molecule has 1 atom stereocenters. The molecule has 2 rings (SSSR count). The van der Waals surface area contributed by atoms with E-state index in [2.05, 4.69) is 10.3 Å². The number of ether oxygens (including phenoxy) is 1. The van der Waals surface area contributed by atoms with Gasteiger partial charge in [0.1, 0.15) is 5.75 Å². The number of fused-ring (bicyclic) bond motifs is 1. The molecule has 0 saturated carbocycles. The number of nitrogens with one attached hydrogen (secondary N) is 1. The smallest absolute Gasteiger partial charge is 0.189 e. The molecule has 1 unspecified atom stereocenters. The summed E-state index contributed by atoms with van der Waals surface area (Å²) in [6, 6.07) is 7.82. The maximum atomic E-state index is 11.4. The van der Waals surface area contributed by atoms with E-state index in [-0.39, 0.29) is 30.1 Å². The highest BCUT2D eigenvalue weighted by Gasteiger charge is 2.21. The number of nitrogens with two attached hydrogens (primary N) is 1. The third-order valence-corrected chi connectivity index (χ3v) is 5.09. The third kappa shape index (κ3) is 4.35. The van der Waals surface area contributed by atoms with Crippen LogP contribution < -0.4 is 15.8 Å². The Morgan fingerprint density at radius 2 is 2.24 bits per heavy atom. The fourth-order valence-corrected chi connectivity index (χ4v) is 2.82. The molecule has 1 heterocycles. The fourth-order valence-electron chi connectivity index (χ4n) is 2.17. The van der Waals surface area contributed by atoms with Gasteiger partial charge in [0.15, 0.2) is 15.8 Å². The van der Waals surface area contributed by atoms with Crippen LogP contribution in [0.1, 0.15) is 24.9 Å². The highest BCUT2D eigenvalue weighted by atomic mass is 32.2. The van der Waals surface area contributed by atoms with Crippen molar-refractivity contribution in [2.75, 3.05) is 24.7 Å². The summed E-state index contributed by atoms with van der Waals surface area (Å²) < 4.78 is 28.4. The van der Waals surface area contributed by atoms with Crippen LogP contribution in [-0.2, 0) is 9.84 Å². The second-order valence-electron chi connectivity index (χ2n) is 4.88. The minimum Gasteiger partial charge on any atom is -0.493 e. The lowest BCUT2D eigenvalue weighted by atomic mass is 10.0. The first-order chi connectivity index (χ1) is 10.0. The number of nitrogens with zero attached hydrogens (tertiary/aromatic N) is 1. The first kappa shape index (κ1) is 15.6. The molecule has 0 fully saturated rings. The van der Waals surface area contributed by atoms with Gasteiger partial charge in [-0.2, -0.15) is 0 Å². The Bertz CT molecular complexity index is 614. The topological polar surface area (TPSA) is 93.8 Å². The molecule has 0 spiro atoms. The molecule has 0 saturated heterocycles. The summed E-state index contributed by atoms with van der Waals surface area (Å²) in [5.74, 6) is 1.27. The highest BCUT2D eigenvalue weighted by molar-refractivity contribution is 7.91. The van der Waals surface area contributed by atoms with Crippen LogP contribution in [0.5, 0.6) is 5.75 Å². The van der Waals surface area contributed by atoms with E-state index in [1.807, 2.05) is 24.3 Å². The molecule has 0 amide bonds. The third-order valence-electron chi connectivity index (χ3n) is 3.40. The first-order valence-electron chi connectivity index (χ1n) is 7.00. The lowest BCUT2D eigenvalue weighted by molar-refractivity contribution is 0.262. The summed E-state index contributed by atoms with van der Waals surface area (Å²) in [6.45, 7) is 2.42. The van der Waals surface area contributed by atoms with E-state index in [1.165, 1.54) is 0 Å². The second-order valence-corrected chi connectivity index (χ2v) is 7.35. The summed E-state index contributed by atoms with van der Waals surface area (Å²) in [5.41, 5.74) is 6.88. The molecule has 0 radical (unpaired) electrons. The van der Waals surface area contributed by atoms with Crippen LogP contribution in [0.15, 0.2) is 29.3 Å². The van der Waals surface area contributed by atoms with Gasteiger partial charge in [0.25, 0.3) is 0 Å². The van der Waals surface area contributed by atoms with Gasteiger partial charge in [-0.3, -0.25) is 4.99 Å². The molecule has 3 N–H and O–H groups in total. The van der Waals surface area contributed by atoms with Crippen molar-refractivity contribution >= 4 is 15.8 Å². The molecule has 1 aliphatic heterocycles. The molecule has 1 aromatic rings. The van der Waals surface area contributed by atoms with Crippen molar-refractivity contribution in [3.63, 3.8) is 0 Å². The van der Waals surface area contributed by atoms with Crippen LogP contribution in [0.4, 0.5) is 0 Å². The van der Waals surface area contributed by atoms with Crippen molar-refractivity contribution in [2.24, 2.45) is 10.7 Å². The predicted octanol–water partition coefficient (Wildman–Crippen LogP) is 0.849. The lowest BCUT2D eigenvalue weighted by Crippen LogP contribution is -2.37. The molecule has 7 heteroatoms. The van der Waals surface area contributed by atoms with Crippen LogP contribution in [0.25, 0.3) is 0 Å². The van der Waals surface area contributed by atoms with Gasteiger partial charge in [0, 0.05) is 17.7 Å². The highest BCUT2D eigenvalue weighted by Crippen LogP contribution is 2.31. The summed E-state index contributed by atoms with van der Waals surface area (Å²) in [4.78, 5) is 4.09. The molecule has 0 bridgehead atoms. The first-order valence-corrected chi connectivity index (χ1v) is 8.82. The lowest BCUT2D eigenvalue weighted by Gasteiger charge is -2.26.